The lowest BCUT2D eigenvalue weighted by molar-refractivity contribution is -0.140. The summed E-state index contributed by atoms with van der Waals surface area (Å²) in [5.74, 6) is 0. The van der Waals surface area contributed by atoms with Gasteiger partial charge in [-0.3, -0.25) is 4.90 Å². The first kappa shape index (κ1) is 14.9. The minimum absolute atomic E-state index is 0.0446. The highest BCUT2D eigenvalue weighted by Gasteiger charge is 2.35. The van der Waals surface area contributed by atoms with E-state index in [0.717, 1.165) is 25.9 Å². The van der Waals surface area contributed by atoms with Gasteiger partial charge in [-0.2, -0.15) is 0 Å². The van der Waals surface area contributed by atoms with Crippen molar-refractivity contribution in [2.75, 3.05) is 13.1 Å². The molecule has 0 spiro atoms. The van der Waals surface area contributed by atoms with Crippen LogP contribution in [0.5, 0.6) is 0 Å². The average molecular weight is 242 g/mol. The Hall–Kier alpha value is -0.120. The van der Waals surface area contributed by atoms with Gasteiger partial charge in [-0.15, -0.1) is 0 Å². The monoisotopic (exact) mass is 242 g/mol. The lowest BCUT2D eigenvalue weighted by Gasteiger charge is -2.46. The van der Waals surface area contributed by atoms with Gasteiger partial charge in [-0.1, -0.05) is 20.3 Å². The third-order valence-corrected chi connectivity index (χ3v) is 3.60. The molecule has 1 heterocycles. The van der Waals surface area contributed by atoms with Crippen molar-refractivity contribution in [1.29, 1.82) is 0 Å². The summed E-state index contributed by atoms with van der Waals surface area (Å²) >= 11 is 0. The molecule has 0 aromatic rings. The zero-order valence-electron chi connectivity index (χ0n) is 12.2. The van der Waals surface area contributed by atoms with Gasteiger partial charge in [0.1, 0.15) is 0 Å². The standard InChI is InChI=1S/C14H30N2O/c1-6-8-12(15)13(7-2)16-9-11(3)17-14(4,5)10-16/h11-13H,6-10,15H2,1-5H3. The molecule has 102 valence electrons. The van der Waals surface area contributed by atoms with Crippen LogP contribution in [0.4, 0.5) is 0 Å². The average Bonchev–Trinajstić information content (AvgIpc) is 2.15. The molecule has 1 fully saturated rings. The van der Waals surface area contributed by atoms with Crippen LogP contribution >= 0.6 is 0 Å². The second-order valence-corrected chi connectivity index (χ2v) is 6.05. The first-order valence-electron chi connectivity index (χ1n) is 7.07. The Morgan fingerprint density at radius 1 is 1.41 bits per heavy atom. The number of nitrogens with zero attached hydrogens (tertiary/aromatic N) is 1. The van der Waals surface area contributed by atoms with Gasteiger partial charge in [-0.25, -0.2) is 0 Å². The first-order valence-corrected chi connectivity index (χ1v) is 7.07. The molecular weight excluding hydrogens is 212 g/mol. The molecule has 0 aliphatic carbocycles. The highest BCUT2D eigenvalue weighted by Crippen LogP contribution is 2.24. The highest BCUT2D eigenvalue weighted by atomic mass is 16.5. The molecule has 0 aromatic heterocycles. The summed E-state index contributed by atoms with van der Waals surface area (Å²) in [5.41, 5.74) is 6.28. The summed E-state index contributed by atoms with van der Waals surface area (Å²) in [6.45, 7) is 13.0. The Morgan fingerprint density at radius 2 is 2.06 bits per heavy atom. The maximum atomic E-state index is 6.32. The van der Waals surface area contributed by atoms with Gasteiger partial charge in [0.05, 0.1) is 11.7 Å². The highest BCUT2D eigenvalue weighted by molar-refractivity contribution is 4.89. The predicted octanol–water partition coefficient (Wildman–Crippen LogP) is 2.39. The molecule has 3 heteroatoms. The van der Waals surface area contributed by atoms with E-state index in [1.165, 1.54) is 6.42 Å². The molecule has 1 rings (SSSR count). The van der Waals surface area contributed by atoms with Gasteiger partial charge in [-0.05, 0) is 33.6 Å². The van der Waals surface area contributed by atoms with Crippen LogP contribution in [0.15, 0.2) is 0 Å². The molecule has 3 atom stereocenters. The van der Waals surface area contributed by atoms with E-state index < -0.39 is 0 Å². The number of nitrogens with two attached hydrogens (primary N) is 1. The zero-order chi connectivity index (χ0) is 13.1. The molecule has 0 aromatic carbocycles. The fourth-order valence-corrected chi connectivity index (χ4v) is 3.11. The van der Waals surface area contributed by atoms with Crippen LogP contribution in [0.25, 0.3) is 0 Å². The van der Waals surface area contributed by atoms with Crippen molar-refractivity contribution in [3.05, 3.63) is 0 Å². The van der Waals surface area contributed by atoms with Crippen molar-refractivity contribution >= 4 is 0 Å². The third kappa shape index (κ3) is 4.23. The maximum absolute atomic E-state index is 6.32. The molecule has 3 unspecified atom stereocenters. The second-order valence-electron chi connectivity index (χ2n) is 6.05. The molecule has 0 amide bonds. The minimum atomic E-state index is -0.0446. The van der Waals surface area contributed by atoms with E-state index in [0.29, 0.717) is 18.2 Å². The van der Waals surface area contributed by atoms with Crippen molar-refractivity contribution in [2.24, 2.45) is 5.73 Å². The molecule has 1 aliphatic heterocycles. The molecule has 3 nitrogen and oxygen atoms in total. The molecule has 1 saturated heterocycles. The first-order chi connectivity index (χ1) is 7.89. The van der Waals surface area contributed by atoms with Gasteiger partial charge in [0.25, 0.3) is 0 Å². The normalized spacial score (nSPS) is 28.9. The lowest BCUT2D eigenvalue weighted by Crippen LogP contribution is -2.59. The number of morpholine rings is 1. The van der Waals surface area contributed by atoms with Crippen LogP contribution in [-0.2, 0) is 4.74 Å². The zero-order valence-corrected chi connectivity index (χ0v) is 12.2. The molecule has 2 N–H and O–H groups in total. The molecule has 17 heavy (non-hydrogen) atoms. The van der Waals surface area contributed by atoms with Crippen LogP contribution < -0.4 is 5.73 Å². The van der Waals surface area contributed by atoms with Crippen LogP contribution in [-0.4, -0.2) is 41.8 Å². The fourth-order valence-electron chi connectivity index (χ4n) is 3.11. The summed E-state index contributed by atoms with van der Waals surface area (Å²) < 4.78 is 5.96. The van der Waals surface area contributed by atoms with Crippen LogP contribution in [0.1, 0.15) is 53.9 Å². The van der Waals surface area contributed by atoms with Gasteiger partial charge >= 0.3 is 0 Å². The van der Waals surface area contributed by atoms with Gasteiger partial charge in [0.15, 0.2) is 0 Å². The van der Waals surface area contributed by atoms with Crippen molar-refractivity contribution < 1.29 is 4.74 Å². The van der Waals surface area contributed by atoms with Crippen LogP contribution in [0, 0.1) is 0 Å². The van der Waals surface area contributed by atoms with Gasteiger partial charge in [0.2, 0.25) is 0 Å². The summed E-state index contributed by atoms with van der Waals surface area (Å²) in [4.78, 5) is 2.54. The maximum Gasteiger partial charge on any atom is 0.0757 e. The molecule has 1 aliphatic rings. The van der Waals surface area contributed by atoms with E-state index >= 15 is 0 Å². The second kappa shape index (κ2) is 6.17. The van der Waals surface area contributed by atoms with Gasteiger partial charge in [0, 0.05) is 25.2 Å². The SMILES string of the molecule is CCCC(N)C(CC)N1CC(C)OC(C)(C)C1. The summed E-state index contributed by atoms with van der Waals surface area (Å²) in [5, 5.41) is 0. The van der Waals surface area contributed by atoms with Crippen molar-refractivity contribution in [3.63, 3.8) is 0 Å². The largest absolute Gasteiger partial charge is 0.370 e. The van der Waals surface area contributed by atoms with E-state index in [9.17, 15) is 0 Å². The Kier molecular flexibility index (Phi) is 5.42. The topological polar surface area (TPSA) is 38.5 Å². The Balaban J connectivity index is 2.67. The summed E-state index contributed by atoms with van der Waals surface area (Å²) in [6.07, 6.45) is 3.72. The van der Waals surface area contributed by atoms with E-state index in [4.69, 9.17) is 10.5 Å². The molecule has 0 bridgehead atoms. The molecular formula is C14H30N2O. The Morgan fingerprint density at radius 3 is 2.53 bits per heavy atom. The summed E-state index contributed by atoms with van der Waals surface area (Å²) in [7, 11) is 0. The van der Waals surface area contributed by atoms with E-state index in [2.05, 4.69) is 39.5 Å². The third-order valence-electron chi connectivity index (χ3n) is 3.60. The quantitative estimate of drug-likeness (QED) is 0.804. The summed E-state index contributed by atoms with van der Waals surface area (Å²) in [6, 6.07) is 0.798. The predicted molar refractivity (Wildman–Crippen MR) is 73.2 cm³/mol. The van der Waals surface area contributed by atoms with Crippen molar-refractivity contribution in [1.82, 2.24) is 4.90 Å². The van der Waals surface area contributed by atoms with E-state index in [1.54, 1.807) is 0 Å². The lowest BCUT2D eigenvalue weighted by atomic mass is 9.96. The van der Waals surface area contributed by atoms with Crippen molar-refractivity contribution in [2.45, 2.75) is 77.7 Å². The van der Waals surface area contributed by atoms with E-state index in [1.807, 2.05) is 0 Å². The Labute approximate surface area is 107 Å². The minimum Gasteiger partial charge on any atom is -0.370 e. The Bertz CT molecular complexity index is 230. The van der Waals surface area contributed by atoms with Gasteiger partial charge < -0.3 is 10.5 Å². The van der Waals surface area contributed by atoms with E-state index in [-0.39, 0.29) is 5.60 Å². The number of ether oxygens (including phenoxy) is 1. The van der Waals surface area contributed by atoms with Crippen LogP contribution in [0.3, 0.4) is 0 Å². The fraction of sp³-hybridized carbons (Fsp3) is 1.00. The number of hydrogen-bond acceptors (Lipinski definition) is 3. The number of hydrogen-bond donors (Lipinski definition) is 1. The smallest absolute Gasteiger partial charge is 0.0757 e. The molecule has 0 radical (unpaired) electrons. The number of rotatable bonds is 5. The molecule has 0 saturated carbocycles. The van der Waals surface area contributed by atoms with Crippen LogP contribution in [0.2, 0.25) is 0 Å². The van der Waals surface area contributed by atoms with Crippen molar-refractivity contribution in [3.8, 4) is 0 Å².